The SMILES string of the molecule is Cn1ccnc1CNC(=O)NCC1CCCOC1C(C)(C)C. The van der Waals surface area contributed by atoms with E-state index in [1.807, 2.05) is 17.8 Å². The normalized spacial score (nSPS) is 22.4. The third-order valence-electron chi connectivity index (χ3n) is 4.15. The van der Waals surface area contributed by atoms with Crippen LogP contribution in [0.3, 0.4) is 0 Å². The molecule has 2 rings (SSSR count). The van der Waals surface area contributed by atoms with E-state index in [0.29, 0.717) is 19.0 Å². The van der Waals surface area contributed by atoms with Gasteiger partial charge in [-0.1, -0.05) is 20.8 Å². The van der Waals surface area contributed by atoms with Gasteiger partial charge in [0.05, 0.1) is 12.6 Å². The summed E-state index contributed by atoms with van der Waals surface area (Å²) >= 11 is 0. The van der Waals surface area contributed by atoms with Gasteiger partial charge in [-0.3, -0.25) is 0 Å². The number of nitrogens with zero attached hydrogens (tertiary/aromatic N) is 2. The van der Waals surface area contributed by atoms with Gasteiger partial charge in [0.1, 0.15) is 5.82 Å². The van der Waals surface area contributed by atoms with E-state index in [1.165, 1.54) is 0 Å². The number of aryl methyl sites for hydroxylation is 1. The molecule has 2 N–H and O–H groups in total. The van der Waals surface area contributed by atoms with Gasteiger partial charge in [-0.05, 0) is 18.3 Å². The topological polar surface area (TPSA) is 68.2 Å². The zero-order valence-electron chi connectivity index (χ0n) is 14.1. The number of ether oxygens (including phenoxy) is 1. The second kappa shape index (κ2) is 7.13. The lowest BCUT2D eigenvalue weighted by atomic mass is 9.78. The number of urea groups is 1. The first-order valence-electron chi connectivity index (χ1n) is 7.97. The Bertz CT molecular complexity index is 493. The molecular formula is C16H28N4O2. The van der Waals surface area contributed by atoms with Gasteiger partial charge in [-0.2, -0.15) is 0 Å². The third kappa shape index (κ3) is 4.47. The van der Waals surface area contributed by atoms with Crippen molar-refractivity contribution < 1.29 is 9.53 Å². The summed E-state index contributed by atoms with van der Waals surface area (Å²) in [5, 5.41) is 5.81. The summed E-state index contributed by atoms with van der Waals surface area (Å²) in [7, 11) is 1.91. The van der Waals surface area contributed by atoms with Crippen molar-refractivity contribution in [3.63, 3.8) is 0 Å². The van der Waals surface area contributed by atoms with E-state index in [4.69, 9.17) is 4.74 Å². The number of amides is 2. The Hall–Kier alpha value is -1.56. The summed E-state index contributed by atoms with van der Waals surface area (Å²) in [4.78, 5) is 16.1. The number of carbonyl (C=O) groups excluding carboxylic acids is 1. The zero-order chi connectivity index (χ0) is 16.2. The molecule has 0 aromatic carbocycles. The molecule has 1 saturated heterocycles. The average Bonchev–Trinajstić information content (AvgIpc) is 2.87. The van der Waals surface area contributed by atoms with Crippen molar-refractivity contribution in [2.24, 2.45) is 18.4 Å². The van der Waals surface area contributed by atoms with Crippen LogP contribution in [0.5, 0.6) is 0 Å². The van der Waals surface area contributed by atoms with E-state index < -0.39 is 0 Å². The van der Waals surface area contributed by atoms with E-state index >= 15 is 0 Å². The summed E-state index contributed by atoms with van der Waals surface area (Å²) in [6.45, 7) is 8.47. The van der Waals surface area contributed by atoms with Crippen molar-refractivity contribution in [1.29, 1.82) is 0 Å². The average molecular weight is 308 g/mol. The van der Waals surface area contributed by atoms with Crippen LogP contribution in [0.2, 0.25) is 0 Å². The number of hydrogen-bond donors (Lipinski definition) is 2. The largest absolute Gasteiger partial charge is 0.377 e. The van der Waals surface area contributed by atoms with Crippen LogP contribution in [0.25, 0.3) is 0 Å². The molecule has 1 aromatic heterocycles. The van der Waals surface area contributed by atoms with Gasteiger partial charge in [0.2, 0.25) is 0 Å². The zero-order valence-corrected chi connectivity index (χ0v) is 14.1. The second-order valence-electron chi connectivity index (χ2n) is 7.08. The quantitative estimate of drug-likeness (QED) is 0.894. The fourth-order valence-corrected chi connectivity index (χ4v) is 3.02. The first-order chi connectivity index (χ1) is 10.4. The molecule has 0 saturated carbocycles. The minimum Gasteiger partial charge on any atom is -0.377 e. The molecular weight excluding hydrogens is 280 g/mol. The Balaban J connectivity index is 1.78. The fourth-order valence-electron chi connectivity index (χ4n) is 3.02. The summed E-state index contributed by atoms with van der Waals surface area (Å²) in [6.07, 6.45) is 5.94. The molecule has 0 aliphatic carbocycles. The van der Waals surface area contributed by atoms with Crippen LogP contribution in [0.4, 0.5) is 4.79 Å². The first kappa shape index (κ1) is 16.8. The van der Waals surface area contributed by atoms with Crippen LogP contribution in [-0.4, -0.2) is 34.8 Å². The fraction of sp³-hybridized carbons (Fsp3) is 0.750. The van der Waals surface area contributed by atoms with Gasteiger partial charge in [0.25, 0.3) is 0 Å². The highest BCUT2D eigenvalue weighted by atomic mass is 16.5. The molecule has 6 nitrogen and oxygen atoms in total. The van der Waals surface area contributed by atoms with E-state index in [2.05, 4.69) is 36.4 Å². The summed E-state index contributed by atoms with van der Waals surface area (Å²) in [5.41, 5.74) is 0.0935. The van der Waals surface area contributed by atoms with E-state index in [1.54, 1.807) is 6.20 Å². The molecule has 1 aliphatic rings. The molecule has 2 atom stereocenters. The Morgan fingerprint density at radius 2 is 2.23 bits per heavy atom. The smallest absolute Gasteiger partial charge is 0.315 e. The first-order valence-corrected chi connectivity index (χ1v) is 7.97. The molecule has 1 aromatic rings. The predicted molar refractivity (Wildman–Crippen MR) is 85.4 cm³/mol. The molecule has 0 bridgehead atoms. The maximum atomic E-state index is 11.9. The highest BCUT2D eigenvalue weighted by Crippen LogP contribution is 2.33. The number of imidazole rings is 1. The molecule has 6 heteroatoms. The maximum Gasteiger partial charge on any atom is 0.315 e. The minimum atomic E-state index is -0.152. The lowest BCUT2D eigenvalue weighted by molar-refractivity contribution is -0.0837. The lowest BCUT2D eigenvalue weighted by Gasteiger charge is -2.40. The lowest BCUT2D eigenvalue weighted by Crippen LogP contribution is -2.47. The van der Waals surface area contributed by atoms with Crippen molar-refractivity contribution in [3.05, 3.63) is 18.2 Å². The number of rotatable bonds is 4. The van der Waals surface area contributed by atoms with Crippen LogP contribution >= 0.6 is 0 Å². The van der Waals surface area contributed by atoms with Crippen molar-refractivity contribution >= 4 is 6.03 Å². The second-order valence-corrected chi connectivity index (χ2v) is 7.08. The summed E-state index contributed by atoms with van der Waals surface area (Å²) < 4.78 is 7.83. The number of hydrogen-bond acceptors (Lipinski definition) is 3. The molecule has 2 heterocycles. The molecule has 1 aliphatic heterocycles. The van der Waals surface area contributed by atoms with Gasteiger partial charge in [0, 0.05) is 38.5 Å². The number of aromatic nitrogens is 2. The highest BCUT2D eigenvalue weighted by molar-refractivity contribution is 5.73. The van der Waals surface area contributed by atoms with Crippen LogP contribution in [0, 0.1) is 11.3 Å². The highest BCUT2D eigenvalue weighted by Gasteiger charge is 2.35. The van der Waals surface area contributed by atoms with Crippen LogP contribution in [-0.2, 0) is 18.3 Å². The van der Waals surface area contributed by atoms with Gasteiger partial charge in [0.15, 0.2) is 0 Å². The van der Waals surface area contributed by atoms with E-state index in [-0.39, 0.29) is 17.6 Å². The van der Waals surface area contributed by atoms with Crippen LogP contribution in [0.1, 0.15) is 39.4 Å². The summed E-state index contributed by atoms with van der Waals surface area (Å²) in [6, 6.07) is -0.152. The molecule has 1 fully saturated rings. The van der Waals surface area contributed by atoms with Gasteiger partial charge >= 0.3 is 6.03 Å². The third-order valence-corrected chi connectivity index (χ3v) is 4.15. The minimum absolute atomic E-state index is 0.0935. The number of nitrogens with one attached hydrogen (secondary N) is 2. The monoisotopic (exact) mass is 308 g/mol. The molecule has 0 spiro atoms. The van der Waals surface area contributed by atoms with Gasteiger partial charge < -0.3 is 19.9 Å². The Morgan fingerprint density at radius 1 is 1.45 bits per heavy atom. The molecule has 22 heavy (non-hydrogen) atoms. The van der Waals surface area contributed by atoms with E-state index in [0.717, 1.165) is 25.3 Å². The summed E-state index contributed by atoms with van der Waals surface area (Å²) in [5.74, 6) is 1.20. The molecule has 0 radical (unpaired) electrons. The Kier molecular flexibility index (Phi) is 5.45. The van der Waals surface area contributed by atoms with Crippen molar-refractivity contribution in [2.75, 3.05) is 13.2 Å². The predicted octanol–water partition coefficient (Wildman–Crippen LogP) is 2.06. The standard InChI is InChI=1S/C16H28N4O2/c1-16(2,3)14-12(6-5-9-22-14)10-18-15(21)19-11-13-17-7-8-20(13)4/h7-8,12,14H,5-6,9-11H2,1-4H3,(H2,18,19,21). The molecule has 2 amide bonds. The molecule has 2 unspecified atom stereocenters. The molecule has 124 valence electrons. The van der Waals surface area contributed by atoms with Crippen molar-refractivity contribution in [2.45, 2.75) is 46.3 Å². The Labute approximate surface area is 132 Å². The Morgan fingerprint density at radius 3 is 2.86 bits per heavy atom. The van der Waals surface area contributed by atoms with Gasteiger partial charge in [-0.25, -0.2) is 9.78 Å². The van der Waals surface area contributed by atoms with Crippen molar-refractivity contribution in [3.8, 4) is 0 Å². The van der Waals surface area contributed by atoms with Crippen LogP contribution < -0.4 is 10.6 Å². The van der Waals surface area contributed by atoms with Crippen LogP contribution in [0.15, 0.2) is 12.4 Å². The maximum absolute atomic E-state index is 11.9. The van der Waals surface area contributed by atoms with E-state index in [9.17, 15) is 4.79 Å². The van der Waals surface area contributed by atoms with Crippen molar-refractivity contribution in [1.82, 2.24) is 20.2 Å². The van der Waals surface area contributed by atoms with Gasteiger partial charge in [-0.15, -0.1) is 0 Å². The number of carbonyl (C=O) groups is 1.